The van der Waals surface area contributed by atoms with Crippen molar-refractivity contribution in [2.24, 2.45) is 0 Å². The molecule has 0 aliphatic carbocycles. The first kappa shape index (κ1) is 14.5. The second-order valence-corrected chi connectivity index (χ2v) is 6.41. The first-order chi connectivity index (χ1) is 8.03. The van der Waals surface area contributed by atoms with Gasteiger partial charge < -0.3 is 0 Å². The Kier molecular flexibility index (Phi) is 3.72. The standard InChI is InChI=1S/C10H13FN2O4S/c1-10(2,3)12-18(16,17)7-4-5-9(13(14)15)8(11)6-7/h4-6,12H,1-3H3. The van der Waals surface area contributed by atoms with Crippen LogP contribution in [-0.2, 0) is 10.0 Å². The van der Waals surface area contributed by atoms with E-state index in [0.29, 0.717) is 6.07 Å². The lowest BCUT2D eigenvalue weighted by atomic mass is 10.1. The van der Waals surface area contributed by atoms with E-state index in [4.69, 9.17) is 0 Å². The Balaban J connectivity index is 3.20. The largest absolute Gasteiger partial charge is 0.304 e. The molecule has 0 amide bonds. The number of nitrogens with zero attached hydrogens (tertiary/aromatic N) is 1. The Bertz CT molecular complexity index is 578. The average molecular weight is 276 g/mol. The van der Waals surface area contributed by atoms with E-state index in [9.17, 15) is 22.9 Å². The van der Waals surface area contributed by atoms with Gasteiger partial charge in [0, 0.05) is 17.7 Å². The zero-order chi connectivity index (χ0) is 14.1. The van der Waals surface area contributed by atoms with Crippen molar-refractivity contribution in [2.45, 2.75) is 31.2 Å². The van der Waals surface area contributed by atoms with Crippen LogP contribution in [0.25, 0.3) is 0 Å². The quantitative estimate of drug-likeness (QED) is 0.673. The minimum atomic E-state index is -3.90. The molecule has 0 unspecified atom stereocenters. The highest BCUT2D eigenvalue weighted by Crippen LogP contribution is 2.21. The van der Waals surface area contributed by atoms with E-state index < -0.39 is 32.0 Å². The van der Waals surface area contributed by atoms with E-state index in [1.54, 1.807) is 20.8 Å². The van der Waals surface area contributed by atoms with Gasteiger partial charge in [-0.3, -0.25) is 10.1 Å². The summed E-state index contributed by atoms with van der Waals surface area (Å²) < 4.78 is 39.3. The normalized spacial score (nSPS) is 12.4. The second-order valence-electron chi connectivity index (χ2n) is 4.73. The molecule has 6 nitrogen and oxygen atoms in total. The minimum Gasteiger partial charge on any atom is -0.258 e. The van der Waals surface area contributed by atoms with Crippen LogP contribution in [0.4, 0.5) is 10.1 Å². The monoisotopic (exact) mass is 276 g/mol. The van der Waals surface area contributed by atoms with Crippen LogP contribution in [-0.4, -0.2) is 18.9 Å². The number of hydrogen-bond donors (Lipinski definition) is 1. The molecular formula is C10H13FN2O4S. The minimum absolute atomic E-state index is 0.347. The summed E-state index contributed by atoms with van der Waals surface area (Å²) in [5, 5.41) is 10.4. The molecule has 0 spiro atoms. The van der Waals surface area contributed by atoms with E-state index in [1.807, 2.05) is 0 Å². The molecule has 0 saturated carbocycles. The molecule has 0 aliphatic rings. The van der Waals surface area contributed by atoms with E-state index in [-0.39, 0.29) is 4.90 Å². The van der Waals surface area contributed by atoms with E-state index >= 15 is 0 Å². The van der Waals surface area contributed by atoms with Crippen LogP contribution < -0.4 is 4.72 Å². The van der Waals surface area contributed by atoms with Gasteiger partial charge in [-0.05, 0) is 26.8 Å². The van der Waals surface area contributed by atoms with E-state index in [1.165, 1.54) is 0 Å². The smallest absolute Gasteiger partial charge is 0.258 e. The van der Waals surface area contributed by atoms with Crippen molar-refractivity contribution in [3.05, 3.63) is 34.1 Å². The van der Waals surface area contributed by atoms with Crippen molar-refractivity contribution in [2.75, 3.05) is 0 Å². The number of rotatable bonds is 3. The molecule has 1 N–H and O–H groups in total. The first-order valence-electron chi connectivity index (χ1n) is 5.01. The van der Waals surface area contributed by atoms with Gasteiger partial charge in [0.25, 0.3) is 0 Å². The molecule has 1 aromatic rings. The van der Waals surface area contributed by atoms with Gasteiger partial charge in [-0.1, -0.05) is 0 Å². The third-order valence-electron chi connectivity index (χ3n) is 1.87. The highest BCUT2D eigenvalue weighted by Gasteiger charge is 2.24. The molecular weight excluding hydrogens is 263 g/mol. The lowest BCUT2D eigenvalue weighted by Gasteiger charge is -2.20. The SMILES string of the molecule is CC(C)(C)NS(=O)(=O)c1ccc([N+](=O)[O-])c(F)c1. The molecule has 0 bridgehead atoms. The molecule has 0 saturated heterocycles. The molecule has 0 aliphatic heterocycles. The van der Waals surface area contributed by atoms with Crippen LogP contribution in [0.15, 0.2) is 23.1 Å². The average Bonchev–Trinajstić information content (AvgIpc) is 2.12. The molecule has 8 heteroatoms. The van der Waals surface area contributed by atoms with Crippen LogP contribution in [0.1, 0.15) is 20.8 Å². The van der Waals surface area contributed by atoms with Crippen LogP contribution in [0.2, 0.25) is 0 Å². The summed E-state index contributed by atoms with van der Waals surface area (Å²) in [6.45, 7) is 4.89. The van der Waals surface area contributed by atoms with E-state index in [2.05, 4.69) is 4.72 Å². The van der Waals surface area contributed by atoms with Crippen LogP contribution in [0.3, 0.4) is 0 Å². The molecule has 0 fully saturated rings. The summed E-state index contributed by atoms with van der Waals surface area (Å²) in [6, 6.07) is 2.45. The maximum atomic E-state index is 13.3. The second kappa shape index (κ2) is 4.62. The van der Waals surface area contributed by atoms with Gasteiger partial charge >= 0.3 is 5.69 Å². The van der Waals surface area contributed by atoms with Crippen LogP contribution >= 0.6 is 0 Å². The first-order valence-corrected chi connectivity index (χ1v) is 6.49. The van der Waals surface area contributed by atoms with Crippen molar-refractivity contribution < 1.29 is 17.7 Å². The van der Waals surface area contributed by atoms with Gasteiger partial charge in [0.05, 0.1) is 9.82 Å². The topological polar surface area (TPSA) is 89.3 Å². The third-order valence-corrected chi connectivity index (χ3v) is 3.62. The van der Waals surface area contributed by atoms with Crippen LogP contribution in [0, 0.1) is 15.9 Å². The molecule has 1 aromatic carbocycles. The fourth-order valence-corrected chi connectivity index (χ4v) is 2.69. The maximum Gasteiger partial charge on any atom is 0.304 e. The fourth-order valence-electron chi connectivity index (χ4n) is 1.26. The van der Waals surface area contributed by atoms with E-state index in [0.717, 1.165) is 12.1 Å². The van der Waals surface area contributed by atoms with Crippen molar-refractivity contribution in [1.82, 2.24) is 4.72 Å². The van der Waals surface area contributed by atoms with Crippen molar-refractivity contribution in [3.8, 4) is 0 Å². The third kappa shape index (κ3) is 3.47. The van der Waals surface area contributed by atoms with Gasteiger partial charge in [0.2, 0.25) is 15.8 Å². The number of hydrogen-bond acceptors (Lipinski definition) is 4. The number of halogens is 1. The summed E-state index contributed by atoms with van der Waals surface area (Å²) in [5.41, 5.74) is -1.48. The van der Waals surface area contributed by atoms with Gasteiger partial charge in [-0.15, -0.1) is 0 Å². The van der Waals surface area contributed by atoms with Crippen LogP contribution in [0.5, 0.6) is 0 Å². The molecule has 0 atom stereocenters. The van der Waals surface area contributed by atoms with Gasteiger partial charge in [0.1, 0.15) is 0 Å². The predicted octanol–water partition coefficient (Wildman–Crippen LogP) is 1.81. The Morgan fingerprint density at radius 1 is 1.33 bits per heavy atom. The highest BCUT2D eigenvalue weighted by atomic mass is 32.2. The summed E-state index contributed by atoms with van der Waals surface area (Å²) in [7, 11) is -3.90. The van der Waals surface area contributed by atoms with Crippen molar-refractivity contribution in [1.29, 1.82) is 0 Å². The molecule has 0 aromatic heterocycles. The van der Waals surface area contributed by atoms with Crippen molar-refractivity contribution in [3.63, 3.8) is 0 Å². The number of nitro benzene ring substituents is 1. The summed E-state index contributed by atoms with van der Waals surface area (Å²) in [5.74, 6) is -1.18. The molecule has 100 valence electrons. The fraction of sp³-hybridized carbons (Fsp3) is 0.400. The van der Waals surface area contributed by atoms with Crippen molar-refractivity contribution >= 4 is 15.7 Å². The zero-order valence-electron chi connectivity index (χ0n) is 10.1. The summed E-state index contributed by atoms with van der Waals surface area (Å²) in [4.78, 5) is 9.15. The summed E-state index contributed by atoms with van der Waals surface area (Å²) >= 11 is 0. The molecule has 0 radical (unpaired) electrons. The lowest BCUT2D eigenvalue weighted by Crippen LogP contribution is -2.40. The molecule has 0 heterocycles. The van der Waals surface area contributed by atoms with Gasteiger partial charge in [0.15, 0.2) is 0 Å². The predicted molar refractivity (Wildman–Crippen MR) is 63.1 cm³/mol. The zero-order valence-corrected chi connectivity index (χ0v) is 10.9. The lowest BCUT2D eigenvalue weighted by molar-refractivity contribution is -0.387. The Hall–Kier alpha value is -1.54. The van der Waals surface area contributed by atoms with Gasteiger partial charge in [-0.25, -0.2) is 13.1 Å². The Morgan fingerprint density at radius 2 is 1.89 bits per heavy atom. The number of sulfonamides is 1. The number of nitrogens with one attached hydrogen (secondary N) is 1. The summed E-state index contributed by atoms with van der Waals surface area (Å²) in [6.07, 6.45) is 0. The number of benzene rings is 1. The Morgan fingerprint density at radius 3 is 2.28 bits per heavy atom. The number of nitro groups is 1. The molecule has 1 rings (SSSR count). The highest BCUT2D eigenvalue weighted by molar-refractivity contribution is 7.89. The maximum absolute atomic E-state index is 13.3. The van der Waals surface area contributed by atoms with Gasteiger partial charge in [-0.2, -0.15) is 4.39 Å². The molecule has 18 heavy (non-hydrogen) atoms. The Labute approximate surface area is 104 Å².